The van der Waals surface area contributed by atoms with Crippen molar-refractivity contribution in [3.05, 3.63) is 23.9 Å². The number of carbonyl (C=O) groups excluding carboxylic acids is 1. The van der Waals surface area contributed by atoms with Crippen LogP contribution in [0.3, 0.4) is 0 Å². The van der Waals surface area contributed by atoms with Crippen molar-refractivity contribution in [2.75, 3.05) is 11.9 Å². The minimum Gasteiger partial charge on any atom is -0.480 e. The SMILES string of the molecule is Cc1ncc(-c2nc(C(=N)C(N)=O)c(NCC(=O)O)s2)cn1. The number of nitrogens with one attached hydrogen (secondary N) is 2. The number of primary amides is 1. The number of amides is 1. The van der Waals surface area contributed by atoms with Gasteiger partial charge < -0.3 is 16.2 Å². The maximum Gasteiger partial charge on any atom is 0.322 e. The van der Waals surface area contributed by atoms with Gasteiger partial charge in [-0.3, -0.25) is 15.0 Å². The first kappa shape index (κ1) is 15.5. The van der Waals surface area contributed by atoms with Crippen LogP contribution in [0, 0.1) is 12.3 Å². The number of thiazole rings is 1. The van der Waals surface area contributed by atoms with E-state index in [0.717, 1.165) is 11.3 Å². The molecule has 114 valence electrons. The molecule has 1 amide bonds. The Kier molecular flexibility index (Phi) is 4.41. The van der Waals surface area contributed by atoms with E-state index in [2.05, 4.69) is 20.3 Å². The largest absolute Gasteiger partial charge is 0.480 e. The van der Waals surface area contributed by atoms with Gasteiger partial charge >= 0.3 is 5.97 Å². The highest BCUT2D eigenvalue weighted by molar-refractivity contribution is 7.19. The molecule has 0 spiro atoms. The lowest BCUT2D eigenvalue weighted by molar-refractivity contribution is -0.134. The van der Waals surface area contributed by atoms with Gasteiger partial charge in [0.2, 0.25) is 0 Å². The van der Waals surface area contributed by atoms with Crippen molar-refractivity contribution in [3.8, 4) is 10.6 Å². The molecule has 0 aliphatic rings. The highest BCUT2D eigenvalue weighted by Crippen LogP contribution is 2.31. The summed E-state index contributed by atoms with van der Waals surface area (Å²) in [6, 6.07) is 0. The molecule has 0 saturated carbocycles. The van der Waals surface area contributed by atoms with Crippen molar-refractivity contribution in [1.82, 2.24) is 15.0 Å². The molecule has 22 heavy (non-hydrogen) atoms. The number of rotatable bonds is 6. The molecular formula is C12H12N6O3S. The van der Waals surface area contributed by atoms with E-state index in [1.807, 2.05) is 0 Å². The Morgan fingerprint density at radius 1 is 1.41 bits per heavy atom. The molecule has 0 aliphatic heterocycles. The molecule has 5 N–H and O–H groups in total. The number of aromatic nitrogens is 3. The zero-order valence-corrected chi connectivity index (χ0v) is 12.3. The summed E-state index contributed by atoms with van der Waals surface area (Å²) in [7, 11) is 0. The second kappa shape index (κ2) is 6.26. The number of nitrogens with two attached hydrogens (primary N) is 1. The van der Waals surface area contributed by atoms with Gasteiger partial charge in [0.25, 0.3) is 5.91 Å². The van der Waals surface area contributed by atoms with Crippen molar-refractivity contribution >= 4 is 33.9 Å². The molecule has 2 rings (SSSR count). The van der Waals surface area contributed by atoms with E-state index in [-0.39, 0.29) is 17.2 Å². The average Bonchev–Trinajstić information content (AvgIpc) is 2.89. The van der Waals surface area contributed by atoms with Crippen LogP contribution >= 0.6 is 11.3 Å². The predicted molar refractivity (Wildman–Crippen MR) is 80.0 cm³/mol. The standard InChI is InChI=1S/C12H12N6O3S/c1-5-15-2-6(3-16-5)11-18-9(8(13)10(14)21)12(22-11)17-4-7(19)20/h2-3,13,17H,4H2,1H3,(H2,14,21)(H,19,20). The van der Waals surface area contributed by atoms with Crippen LogP contribution < -0.4 is 11.1 Å². The molecule has 0 saturated heterocycles. The maximum absolute atomic E-state index is 11.2. The minimum absolute atomic E-state index is 0.00863. The third kappa shape index (κ3) is 3.41. The van der Waals surface area contributed by atoms with Gasteiger partial charge in [-0.1, -0.05) is 11.3 Å². The lowest BCUT2D eigenvalue weighted by Gasteiger charge is -2.02. The molecule has 2 aromatic rings. The van der Waals surface area contributed by atoms with Crippen molar-refractivity contribution in [2.45, 2.75) is 6.92 Å². The van der Waals surface area contributed by atoms with Crippen LogP contribution in [0.15, 0.2) is 12.4 Å². The summed E-state index contributed by atoms with van der Waals surface area (Å²) in [5.41, 5.74) is 5.20. The number of aliphatic carboxylic acids is 1. The first-order valence-corrected chi connectivity index (χ1v) is 6.84. The predicted octanol–water partition coefficient (Wildman–Crippen LogP) is 0.258. The Balaban J connectivity index is 2.42. The normalized spacial score (nSPS) is 10.2. The average molecular weight is 320 g/mol. The summed E-state index contributed by atoms with van der Waals surface area (Å²) in [5.74, 6) is -1.44. The molecule has 0 aliphatic carbocycles. The molecule has 2 aromatic heterocycles. The zero-order chi connectivity index (χ0) is 16.3. The second-order valence-corrected chi connectivity index (χ2v) is 5.20. The number of carbonyl (C=O) groups is 2. The van der Waals surface area contributed by atoms with E-state index in [0.29, 0.717) is 16.4 Å². The summed E-state index contributed by atoms with van der Waals surface area (Å²) in [4.78, 5) is 34.1. The summed E-state index contributed by atoms with van der Waals surface area (Å²) >= 11 is 1.09. The Labute approximate surface area is 128 Å². The first-order valence-electron chi connectivity index (χ1n) is 6.02. The van der Waals surface area contributed by atoms with Gasteiger partial charge in [0.05, 0.1) is 0 Å². The number of aryl methyl sites for hydroxylation is 1. The Bertz CT molecular complexity index is 740. The van der Waals surface area contributed by atoms with E-state index in [9.17, 15) is 9.59 Å². The van der Waals surface area contributed by atoms with E-state index in [4.69, 9.17) is 16.2 Å². The Morgan fingerprint density at radius 2 is 2.05 bits per heavy atom. The van der Waals surface area contributed by atoms with E-state index in [1.165, 1.54) is 0 Å². The lowest BCUT2D eigenvalue weighted by Crippen LogP contribution is -2.24. The third-order valence-corrected chi connectivity index (χ3v) is 3.60. The molecular weight excluding hydrogens is 308 g/mol. The molecule has 0 unspecified atom stereocenters. The summed E-state index contributed by atoms with van der Waals surface area (Å²) < 4.78 is 0. The van der Waals surface area contributed by atoms with E-state index in [1.54, 1.807) is 19.3 Å². The quantitative estimate of drug-likeness (QED) is 0.556. The molecule has 10 heteroatoms. The van der Waals surface area contributed by atoms with E-state index < -0.39 is 17.6 Å². The number of carboxylic acids is 1. The smallest absolute Gasteiger partial charge is 0.322 e. The monoisotopic (exact) mass is 320 g/mol. The van der Waals surface area contributed by atoms with Gasteiger partial charge in [-0.2, -0.15) is 0 Å². The minimum atomic E-state index is -1.08. The molecule has 0 aromatic carbocycles. The molecule has 0 atom stereocenters. The third-order valence-electron chi connectivity index (χ3n) is 2.54. The maximum atomic E-state index is 11.2. The molecule has 0 bridgehead atoms. The number of carboxylic acid groups (broad SMARTS) is 1. The van der Waals surface area contributed by atoms with Crippen molar-refractivity contribution in [2.24, 2.45) is 5.73 Å². The molecule has 2 heterocycles. The van der Waals surface area contributed by atoms with Crippen LogP contribution in [0.2, 0.25) is 0 Å². The highest BCUT2D eigenvalue weighted by Gasteiger charge is 2.20. The number of hydrogen-bond acceptors (Lipinski definition) is 8. The summed E-state index contributed by atoms with van der Waals surface area (Å²) in [6.07, 6.45) is 3.11. The van der Waals surface area contributed by atoms with Gasteiger partial charge in [0.1, 0.15) is 33.8 Å². The lowest BCUT2D eigenvalue weighted by atomic mass is 10.2. The van der Waals surface area contributed by atoms with Crippen LogP contribution in [0.25, 0.3) is 10.6 Å². The fourth-order valence-electron chi connectivity index (χ4n) is 1.51. The second-order valence-electron chi connectivity index (χ2n) is 4.20. The van der Waals surface area contributed by atoms with Gasteiger partial charge in [-0.05, 0) is 6.92 Å². The summed E-state index contributed by atoms with van der Waals surface area (Å²) in [6.45, 7) is 1.37. The van der Waals surface area contributed by atoms with Crippen LogP contribution in [-0.4, -0.2) is 44.2 Å². The Morgan fingerprint density at radius 3 is 2.59 bits per heavy atom. The van der Waals surface area contributed by atoms with Crippen molar-refractivity contribution < 1.29 is 14.7 Å². The number of nitrogens with zero attached hydrogens (tertiary/aromatic N) is 3. The van der Waals surface area contributed by atoms with Crippen molar-refractivity contribution in [1.29, 1.82) is 5.41 Å². The van der Waals surface area contributed by atoms with Gasteiger partial charge in [0.15, 0.2) is 0 Å². The zero-order valence-electron chi connectivity index (χ0n) is 11.5. The number of anilines is 1. The molecule has 9 nitrogen and oxygen atoms in total. The topological polar surface area (TPSA) is 155 Å². The van der Waals surface area contributed by atoms with Gasteiger partial charge in [-0.25, -0.2) is 15.0 Å². The van der Waals surface area contributed by atoms with E-state index >= 15 is 0 Å². The van der Waals surface area contributed by atoms with Crippen LogP contribution in [-0.2, 0) is 9.59 Å². The molecule has 0 fully saturated rings. The Hall–Kier alpha value is -2.88. The molecule has 0 radical (unpaired) electrons. The number of hydrogen-bond donors (Lipinski definition) is 4. The highest BCUT2D eigenvalue weighted by atomic mass is 32.1. The van der Waals surface area contributed by atoms with Crippen LogP contribution in [0.5, 0.6) is 0 Å². The first-order chi connectivity index (χ1) is 10.4. The van der Waals surface area contributed by atoms with Gasteiger partial charge in [-0.15, -0.1) is 0 Å². The summed E-state index contributed by atoms with van der Waals surface area (Å²) in [5, 5.41) is 19.7. The van der Waals surface area contributed by atoms with Gasteiger partial charge in [0, 0.05) is 18.0 Å². The fourth-order valence-corrected chi connectivity index (χ4v) is 2.45. The fraction of sp³-hybridized carbons (Fsp3) is 0.167. The van der Waals surface area contributed by atoms with Crippen LogP contribution in [0.4, 0.5) is 5.00 Å². The van der Waals surface area contributed by atoms with Crippen LogP contribution in [0.1, 0.15) is 11.5 Å². The van der Waals surface area contributed by atoms with Crippen molar-refractivity contribution in [3.63, 3.8) is 0 Å².